The zero-order valence-electron chi connectivity index (χ0n) is 16.7. The Kier molecular flexibility index (Phi) is 13.3. The molecule has 8 nitrogen and oxygen atoms in total. The van der Waals surface area contributed by atoms with Gasteiger partial charge in [-0.15, -0.1) is 0 Å². The summed E-state index contributed by atoms with van der Waals surface area (Å²) in [5.74, 6) is 0.895. The highest BCUT2D eigenvalue weighted by molar-refractivity contribution is 5.39. The van der Waals surface area contributed by atoms with Crippen LogP contribution in [0.2, 0.25) is 0 Å². The Morgan fingerprint density at radius 2 is 0.926 bits per heavy atom. The minimum absolute atomic E-state index is 0.163. The van der Waals surface area contributed by atoms with Gasteiger partial charge in [0, 0.05) is 26.3 Å². The fraction of sp³-hybridized carbons (Fsp3) is 0.842. The molecule has 0 atom stereocenters. The van der Waals surface area contributed by atoms with Gasteiger partial charge in [0.05, 0.1) is 0 Å². The van der Waals surface area contributed by atoms with Crippen LogP contribution in [0.4, 0.5) is 17.8 Å². The molecule has 6 N–H and O–H groups in total. The van der Waals surface area contributed by atoms with Gasteiger partial charge in [-0.2, -0.15) is 15.0 Å². The van der Waals surface area contributed by atoms with E-state index >= 15 is 0 Å². The molecule has 1 rings (SSSR count). The number of nitrogens with two attached hydrogens (primary N) is 2. The van der Waals surface area contributed by atoms with E-state index in [1.165, 1.54) is 25.7 Å². The van der Waals surface area contributed by atoms with E-state index in [9.17, 15) is 0 Å². The van der Waals surface area contributed by atoms with Crippen LogP contribution in [0.3, 0.4) is 0 Å². The summed E-state index contributed by atoms with van der Waals surface area (Å²) < 4.78 is 0. The van der Waals surface area contributed by atoms with Gasteiger partial charge in [0.25, 0.3) is 0 Å². The molecule has 0 fully saturated rings. The van der Waals surface area contributed by atoms with Crippen molar-refractivity contribution < 1.29 is 10.2 Å². The Morgan fingerprint density at radius 1 is 0.556 bits per heavy atom. The molecule has 1 aromatic rings. The molecule has 0 aliphatic carbocycles. The Bertz CT molecular complexity index is 451. The van der Waals surface area contributed by atoms with Crippen molar-refractivity contribution in [2.45, 2.75) is 77.0 Å². The van der Waals surface area contributed by atoms with Crippen LogP contribution in [-0.4, -0.2) is 51.5 Å². The first-order valence-electron chi connectivity index (χ1n) is 10.4. The zero-order valence-corrected chi connectivity index (χ0v) is 16.7. The van der Waals surface area contributed by atoms with Gasteiger partial charge in [0.15, 0.2) is 0 Å². The second kappa shape index (κ2) is 15.4. The van der Waals surface area contributed by atoms with E-state index in [0.717, 1.165) is 64.5 Å². The first-order valence-corrected chi connectivity index (χ1v) is 10.4. The van der Waals surface area contributed by atoms with Gasteiger partial charge < -0.3 is 26.6 Å². The Morgan fingerprint density at radius 3 is 1.33 bits per heavy atom. The molecule has 0 radical (unpaired) electrons. The third-order valence-electron chi connectivity index (χ3n) is 4.61. The smallest absolute Gasteiger partial charge is 0.231 e. The monoisotopic (exact) mass is 382 g/mol. The lowest BCUT2D eigenvalue weighted by Gasteiger charge is -2.23. The van der Waals surface area contributed by atoms with E-state index in [1.807, 2.05) is 0 Å². The minimum atomic E-state index is 0.163. The Balaban J connectivity index is 2.39. The van der Waals surface area contributed by atoms with Crippen LogP contribution in [0, 0.1) is 0 Å². The van der Waals surface area contributed by atoms with Crippen LogP contribution >= 0.6 is 0 Å². The first-order chi connectivity index (χ1) is 13.2. The fourth-order valence-electron chi connectivity index (χ4n) is 3.09. The normalized spacial score (nSPS) is 11.0. The highest BCUT2D eigenvalue weighted by atomic mass is 16.3. The number of anilines is 3. The third-order valence-corrected chi connectivity index (χ3v) is 4.61. The number of aliphatic hydroxyl groups excluding tert-OH is 2. The van der Waals surface area contributed by atoms with E-state index in [-0.39, 0.29) is 25.1 Å². The molecule has 1 aromatic heterocycles. The summed E-state index contributed by atoms with van der Waals surface area (Å²) in [5, 5.41) is 17.6. The number of aromatic nitrogens is 3. The average molecular weight is 383 g/mol. The van der Waals surface area contributed by atoms with Crippen molar-refractivity contribution in [2.24, 2.45) is 0 Å². The van der Waals surface area contributed by atoms with Gasteiger partial charge in [-0.1, -0.05) is 51.4 Å². The summed E-state index contributed by atoms with van der Waals surface area (Å²) in [5.41, 5.74) is 11.5. The van der Waals surface area contributed by atoms with Crippen LogP contribution in [0.15, 0.2) is 0 Å². The van der Waals surface area contributed by atoms with Crippen LogP contribution in [0.5, 0.6) is 0 Å². The Labute approximate surface area is 163 Å². The maximum absolute atomic E-state index is 8.82. The maximum atomic E-state index is 8.82. The molecule has 1 heterocycles. The fourth-order valence-corrected chi connectivity index (χ4v) is 3.09. The largest absolute Gasteiger partial charge is 0.396 e. The van der Waals surface area contributed by atoms with Gasteiger partial charge in [-0.25, -0.2) is 0 Å². The van der Waals surface area contributed by atoms with E-state index in [4.69, 9.17) is 21.7 Å². The Hall–Kier alpha value is -1.67. The number of nitrogens with zero attached hydrogens (tertiary/aromatic N) is 4. The van der Waals surface area contributed by atoms with Gasteiger partial charge in [0.1, 0.15) is 0 Å². The number of hydrogen-bond donors (Lipinski definition) is 4. The number of hydrogen-bond acceptors (Lipinski definition) is 8. The lowest BCUT2D eigenvalue weighted by atomic mass is 10.1. The summed E-state index contributed by atoms with van der Waals surface area (Å²) in [6.45, 7) is 2.34. The predicted molar refractivity (Wildman–Crippen MR) is 110 cm³/mol. The molecular weight excluding hydrogens is 344 g/mol. The van der Waals surface area contributed by atoms with Crippen molar-refractivity contribution in [3.63, 3.8) is 0 Å². The van der Waals surface area contributed by atoms with E-state index < -0.39 is 0 Å². The zero-order chi connectivity index (χ0) is 19.7. The quantitative estimate of drug-likeness (QED) is 0.302. The highest BCUT2D eigenvalue weighted by Gasteiger charge is 2.11. The van der Waals surface area contributed by atoms with Crippen molar-refractivity contribution in [3.8, 4) is 0 Å². The topological polar surface area (TPSA) is 134 Å². The van der Waals surface area contributed by atoms with Crippen LogP contribution in [0.25, 0.3) is 0 Å². The number of unbranched alkanes of at least 4 members (excludes halogenated alkanes) is 10. The number of nitrogen functional groups attached to an aromatic ring is 2. The summed E-state index contributed by atoms with van der Waals surface area (Å²) in [6, 6.07) is 0. The van der Waals surface area contributed by atoms with Crippen molar-refractivity contribution in [2.75, 3.05) is 42.7 Å². The maximum Gasteiger partial charge on any atom is 0.231 e. The molecule has 0 bridgehead atoms. The summed E-state index contributed by atoms with van der Waals surface area (Å²) in [7, 11) is 0. The van der Waals surface area contributed by atoms with E-state index in [0.29, 0.717) is 5.95 Å². The molecule has 0 spiro atoms. The standard InChI is InChI=1S/C19H38N6O2/c20-17-22-18(21)24-19(23-17)25(13-9-5-1-3-7-11-15-26)14-10-6-2-4-8-12-16-27/h26-27H,1-16H2,(H4,20,21,22,23,24). The summed E-state index contributed by atoms with van der Waals surface area (Å²) in [6.07, 6.45) is 13.1. The molecule has 0 aliphatic heterocycles. The highest BCUT2D eigenvalue weighted by Crippen LogP contribution is 2.15. The van der Waals surface area contributed by atoms with Crippen molar-refractivity contribution >= 4 is 17.8 Å². The molecule has 27 heavy (non-hydrogen) atoms. The molecule has 0 aromatic carbocycles. The van der Waals surface area contributed by atoms with Gasteiger partial charge in [-0.3, -0.25) is 0 Å². The van der Waals surface area contributed by atoms with Crippen molar-refractivity contribution in [1.82, 2.24) is 15.0 Å². The molecule has 0 amide bonds. The molecule has 0 unspecified atom stereocenters. The molecule has 156 valence electrons. The molecule has 0 saturated carbocycles. The SMILES string of the molecule is Nc1nc(N)nc(N(CCCCCCCCO)CCCCCCCCO)n1. The first kappa shape index (κ1) is 23.4. The van der Waals surface area contributed by atoms with Crippen LogP contribution in [0.1, 0.15) is 77.0 Å². The lowest BCUT2D eigenvalue weighted by molar-refractivity contribution is 0.282. The van der Waals surface area contributed by atoms with Crippen LogP contribution in [-0.2, 0) is 0 Å². The van der Waals surface area contributed by atoms with Gasteiger partial charge >= 0.3 is 0 Å². The van der Waals surface area contributed by atoms with Gasteiger partial charge in [-0.05, 0) is 25.7 Å². The third kappa shape index (κ3) is 11.6. The van der Waals surface area contributed by atoms with Crippen LogP contribution < -0.4 is 16.4 Å². The molecule has 0 aliphatic rings. The van der Waals surface area contributed by atoms with Gasteiger partial charge in [0.2, 0.25) is 17.8 Å². The lowest BCUT2D eigenvalue weighted by Crippen LogP contribution is -2.28. The van der Waals surface area contributed by atoms with E-state index in [2.05, 4.69) is 19.9 Å². The summed E-state index contributed by atoms with van der Waals surface area (Å²) >= 11 is 0. The number of rotatable bonds is 17. The molecule has 0 saturated heterocycles. The second-order valence-corrected chi connectivity index (χ2v) is 7.03. The van der Waals surface area contributed by atoms with Crippen molar-refractivity contribution in [3.05, 3.63) is 0 Å². The predicted octanol–water partition coefficient (Wildman–Crippen LogP) is 2.51. The molecular formula is C19H38N6O2. The molecule has 8 heteroatoms. The van der Waals surface area contributed by atoms with Crippen molar-refractivity contribution in [1.29, 1.82) is 0 Å². The summed E-state index contributed by atoms with van der Waals surface area (Å²) in [4.78, 5) is 14.5. The minimum Gasteiger partial charge on any atom is -0.396 e. The van der Waals surface area contributed by atoms with E-state index in [1.54, 1.807) is 0 Å². The average Bonchev–Trinajstić information content (AvgIpc) is 2.64. The number of aliphatic hydroxyl groups is 2. The second-order valence-electron chi connectivity index (χ2n) is 7.03.